The number of methoxy groups -OCH3 is 2. The van der Waals surface area contributed by atoms with E-state index in [1.807, 2.05) is 49.4 Å². The van der Waals surface area contributed by atoms with Crippen molar-refractivity contribution in [3.05, 3.63) is 143 Å². The summed E-state index contributed by atoms with van der Waals surface area (Å²) in [6.07, 6.45) is 7.70. The molecule has 0 aliphatic carbocycles. The predicted octanol–water partition coefficient (Wildman–Crippen LogP) is 6.41. The molecule has 2 amide bonds. The van der Waals surface area contributed by atoms with Gasteiger partial charge in [0.1, 0.15) is 17.4 Å². The topological polar surface area (TPSA) is 112 Å². The first-order chi connectivity index (χ1) is 22.7. The van der Waals surface area contributed by atoms with E-state index in [1.54, 1.807) is 24.3 Å². The fraction of sp³-hybridized carbons (Fsp3) is 0.162. The van der Waals surface area contributed by atoms with Gasteiger partial charge in [0.15, 0.2) is 11.7 Å². The Balaban J connectivity index is 1.83. The van der Waals surface area contributed by atoms with Crippen LogP contribution in [0.25, 0.3) is 10.9 Å². The summed E-state index contributed by atoms with van der Waals surface area (Å²) >= 11 is 0. The molecule has 0 bridgehead atoms. The Bertz CT molecular complexity index is 1920. The number of hydrogen-bond acceptors (Lipinski definition) is 8. The van der Waals surface area contributed by atoms with E-state index in [0.717, 1.165) is 24.7 Å². The van der Waals surface area contributed by atoms with Gasteiger partial charge in [-0.05, 0) is 41.8 Å². The van der Waals surface area contributed by atoms with Gasteiger partial charge in [-0.1, -0.05) is 79.4 Å². The fourth-order valence-electron chi connectivity index (χ4n) is 5.58. The summed E-state index contributed by atoms with van der Waals surface area (Å²) in [5.41, 5.74) is 1.55. The summed E-state index contributed by atoms with van der Waals surface area (Å²) in [6, 6.07) is 17.8. The molecule has 1 atom stereocenters. The lowest BCUT2D eigenvalue weighted by molar-refractivity contribution is -0.154. The van der Waals surface area contributed by atoms with Crippen LogP contribution in [0.15, 0.2) is 109 Å². The van der Waals surface area contributed by atoms with Gasteiger partial charge < -0.3 is 14.2 Å². The molecule has 5 rings (SSSR count). The Morgan fingerprint density at radius 3 is 2.21 bits per heavy atom. The molecular formula is C37H31FN2O7. The number of nitrogens with zero attached hydrogens (tertiary/aromatic N) is 2. The van der Waals surface area contributed by atoms with Crippen molar-refractivity contribution < 1.29 is 37.8 Å². The molecule has 0 N–H and O–H groups in total. The molecule has 0 saturated carbocycles. The molecule has 1 aromatic heterocycles. The van der Waals surface area contributed by atoms with Gasteiger partial charge in [-0.25, -0.2) is 4.39 Å². The number of halogens is 1. The average molecular weight is 635 g/mol. The van der Waals surface area contributed by atoms with E-state index in [1.165, 1.54) is 30.5 Å². The monoisotopic (exact) mass is 634 g/mol. The van der Waals surface area contributed by atoms with Gasteiger partial charge in [-0.15, -0.1) is 0 Å². The van der Waals surface area contributed by atoms with Crippen molar-refractivity contribution in [3.8, 4) is 5.75 Å². The van der Waals surface area contributed by atoms with E-state index in [-0.39, 0.29) is 39.9 Å². The highest BCUT2D eigenvalue weighted by atomic mass is 19.1. The molecule has 1 aliphatic heterocycles. The zero-order chi connectivity index (χ0) is 33.7. The van der Waals surface area contributed by atoms with Crippen molar-refractivity contribution >= 4 is 34.7 Å². The van der Waals surface area contributed by atoms with Gasteiger partial charge in [0.2, 0.25) is 0 Å². The molecule has 0 spiro atoms. The van der Waals surface area contributed by atoms with Gasteiger partial charge in [0.05, 0.1) is 31.9 Å². The smallest absolute Gasteiger partial charge is 0.324 e. The number of ether oxygens (including phenoxy) is 3. The molecule has 9 nitrogen and oxygen atoms in total. The zero-order valence-corrected chi connectivity index (χ0v) is 25.9. The van der Waals surface area contributed by atoms with Gasteiger partial charge in [-0.2, -0.15) is 0 Å². The molecule has 4 aromatic rings. The summed E-state index contributed by atoms with van der Waals surface area (Å²) in [5.74, 6) is -5.76. The molecule has 1 unspecified atom stereocenters. The lowest BCUT2D eigenvalue weighted by atomic mass is 9.87. The second kappa shape index (κ2) is 14.0. The Kier molecular flexibility index (Phi) is 9.70. The highest BCUT2D eigenvalue weighted by Gasteiger charge is 2.47. The number of esters is 2. The van der Waals surface area contributed by atoms with E-state index >= 15 is 0 Å². The number of imide groups is 1. The molecule has 0 saturated heterocycles. The summed E-state index contributed by atoms with van der Waals surface area (Å²) in [6.45, 7) is 5.37. The van der Waals surface area contributed by atoms with Crippen molar-refractivity contribution in [3.63, 3.8) is 0 Å². The van der Waals surface area contributed by atoms with Gasteiger partial charge in [-0.3, -0.25) is 29.1 Å². The average Bonchev–Trinajstić information content (AvgIpc) is 3.34. The largest absolute Gasteiger partial charge is 0.478 e. The van der Waals surface area contributed by atoms with E-state index in [0.29, 0.717) is 11.1 Å². The summed E-state index contributed by atoms with van der Waals surface area (Å²) in [5, 5.41) is 0.210. The van der Waals surface area contributed by atoms with Crippen LogP contribution in [0, 0.1) is 5.82 Å². The van der Waals surface area contributed by atoms with Crippen LogP contribution >= 0.6 is 0 Å². The number of benzene rings is 3. The molecule has 3 aromatic carbocycles. The molecule has 238 valence electrons. The first kappa shape index (κ1) is 32.5. The molecule has 2 heterocycles. The van der Waals surface area contributed by atoms with Crippen molar-refractivity contribution in [1.29, 1.82) is 0 Å². The van der Waals surface area contributed by atoms with Gasteiger partial charge in [0.25, 0.3) is 11.8 Å². The molecular weight excluding hydrogens is 603 g/mol. The molecule has 0 fully saturated rings. The Morgan fingerprint density at radius 2 is 1.60 bits per heavy atom. The number of fused-ring (bicyclic) bond motifs is 2. The fourth-order valence-corrected chi connectivity index (χ4v) is 5.58. The van der Waals surface area contributed by atoms with E-state index in [9.17, 15) is 23.6 Å². The first-order valence-corrected chi connectivity index (χ1v) is 14.6. The quantitative estimate of drug-likeness (QED) is 0.0806. The van der Waals surface area contributed by atoms with Crippen LogP contribution in [0.1, 0.15) is 56.4 Å². The lowest BCUT2D eigenvalue weighted by Crippen LogP contribution is -2.30. The third-order valence-electron chi connectivity index (χ3n) is 7.79. The van der Waals surface area contributed by atoms with Gasteiger partial charge >= 0.3 is 11.9 Å². The van der Waals surface area contributed by atoms with E-state index < -0.39 is 41.6 Å². The maximum absolute atomic E-state index is 14.4. The van der Waals surface area contributed by atoms with Gasteiger partial charge in [0, 0.05) is 17.1 Å². The molecule has 0 radical (unpaired) electrons. The van der Waals surface area contributed by atoms with Crippen LogP contribution < -0.4 is 4.74 Å². The van der Waals surface area contributed by atoms with Crippen LogP contribution in [0.4, 0.5) is 4.39 Å². The maximum Gasteiger partial charge on any atom is 0.324 e. The van der Waals surface area contributed by atoms with E-state index in [2.05, 4.69) is 11.6 Å². The molecule has 10 heteroatoms. The highest BCUT2D eigenvalue weighted by molar-refractivity contribution is 6.27. The number of carbonyl (C=O) groups excluding carboxylic acids is 4. The summed E-state index contributed by atoms with van der Waals surface area (Å²) in [7, 11) is 2.20. The first-order valence-electron chi connectivity index (χ1n) is 14.6. The third kappa shape index (κ3) is 6.17. The molecule has 1 aliphatic rings. The lowest BCUT2D eigenvalue weighted by Gasteiger charge is -2.25. The SMILES string of the molecule is C=C/C=C\C(=C/C)C(Oc1c2c(c(C(C(=O)OC)C(=O)OC)c3cccnc13)C(=O)N(Cc1ccc(F)cc1)C2=O)c1ccccc1. The summed E-state index contributed by atoms with van der Waals surface area (Å²) < 4.78 is 30.4. The Hall–Kier alpha value is -5.90. The highest BCUT2D eigenvalue weighted by Crippen LogP contribution is 2.46. The minimum atomic E-state index is -1.73. The van der Waals surface area contributed by atoms with Crippen molar-refractivity contribution in [2.75, 3.05) is 14.2 Å². The Labute approximate surface area is 270 Å². The second-order valence-corrected chi connectivity index (χ2v) is 10.5. The van der Waals surface area contributed by atoms with Crippen LogP contribution in [-0.4, -0.2) is 47.9 Å². The number of pyridine rings is 1. The van der Waals surface area contributed by atoms with Crippen LogP contribution in [0.3, 0.4) is 0 Å². The summed E-state index contributed by atoms with van der Waals surface area (Å²) in [4.78, 5) is 60.6. The number of carbonyl (C=O) groups is 4. The van der Waals surface area contributed by atoms with Crippen LogP contribution in [0.5, 0.6) is 5.75 Å². The third-order valence-corrected chi connectivity index (χ3v) is 7.79. The predicted molar refractivity (Wildman–Crippen MR) is 172 cm³/mol. The minimum Gasteiger partial charge on any atom is -0.478 e. The number of allylic oxidation sites excluding steroid dienone is 3. The maximum atomic E-state index is 14.4. The van der Waals surface area contributed by atoms with Crippen LogP contribution in [0.2, 0.25) is 0 Å². The minimum absolute atomic E-state index is 0.0204. The van der Waals surface area contributed by atoms with Crippen molar-refractivity contribution in [1.82, 2.24) is 9.88 Å². The number of aromatic nitrogens is 1. The number of hydrogen-bond donors (Lipinski definition) is 0. The normalized spacial score (nSPS) is 13.6. The van der Waals surface area contributed by atoms with E-state index in [4.69, 9.17) is 14.2 Å². The van der Waals surface area contributed by atoms with Crippen molar-refractivity contribution in [2.45, 2.75) is 25.5 Å². The second-order valence-electron chi connectivity index (χ2n) is 10.5. The van der Waals surface area contributed by atoms with Crippen LogP contribution in [-0.2, 0) is 25.6 Å². The number of rotatable bonds is 11. The zero-order valence-electron chi connectivity index (χ0n) is 25.9. The standard InChI is InChI=1S/C37H31FN2O7/c1-5-7-12-23(6-2)32(24-13-9-8-10-14-24)47-33-29-28(34(41)40(35(29)42)21-22-16-18-25(38)19-17-22)27(26-15-11-20-39-31(26)33)30(36(43)45-3)37(44)46-4/h5-20,30,32H,1,21H2,2-4H3/b12-7-,23-6+. The van der Waals surface area contributed by atoms with Crippen molar-refractivity contribution in [2.24, 2.45) is 0 Å². The molecule has 47 heavy (non-hydrogen) atoms. The Morgan fingerprint density at radius 1 is 0.936 bits per heavy atom. The number of amides is 2.